The van der Waals surface area contributed by atoms with Crippen molar-refractivity contribution in [1.82, 2.24) is 0 Å². The number of halogens is 5. The van der Waals surface area contributed by atoms with Gasteiger partial charge in [-0.25, -0.2) is 13.2 Å². The van der Waals surface area contributed by atoms with Crippen LogP contribution >= 0.6 is 45.2 Å². The normalized spacial score (nSPS) is 12.0. The van der Waals surface area contributed by atoms with Crippen molar-refractivity contribution in [3.05, 3.63) is 24.6 Å². The van der Waals surface area contributed by atoms with Gasteiger partial charge in [0.25, 0.3) is 0 Å². The van der Waals surface area contributed by atoms with E-state index in [1.54, 1.807) is 45.2 Å². The van der Waals surface area contributed by atoms with Crippen LogP contribution in [-0.4, -0.2) is 8.07 Å². The maximum absolute atomic E-state index is 13.7. The molecule has 1 rings (SSSR count). The van der Waals surface area contributed by atoms with E-state index in [2.05, 4.69) is 0 Å². The average molecular weight is 456 g/mol. The first-order chi connectivity index (χ1) is 6.68. The molecule has 0 aliphatic carbocycles. The molecule has 0 radical (unpaired) electrons. The Hall–Kier alpha value is 0.687. The van der Waals surface area contributed by atoms with E-state index in [1.807, 2.05) is 19.6 Å². The standard InChI is InChI=1S/C9H9F3I2Si/c1-15(2,3)9-5(11)7(13)4(10)8(14)6(9)12/h1-3H3. The molecule has 0 saturated carbocycles. The summed E-state index contributed by atoms with van der Waals surface area (Å²) in [5.41, 5.74) is 0. The molecule has 0 heterocycles. The van der Waals surface area contributed by atoms with Crippen molar-refractivity contribution in [2.75, 3.05) is 0 Å². The molecule has 84 valence electrons. The molecule has 0 aliphatic rings. The lowest BCUT2D eigenvalue weighted by molar-refractivity contribution is 0.533. The molecule has 1 aromatic rings. The van der Waals surface area contributed by atoms with Crippen molar-refractivity contribution < 1.29 is 13.2 Å². The molecule has 0 unspecified atom stereocenters. The smallest absolute Gasteiger partial charge is 0.155 e. The molecule has 0 aromatic heterocycles. The third-order valence-corrected chi connectivity index (χ3v) is 5.79. The number of hydrogen-bond acceptors (Lipinski definition) is 0. The molecule has 0 saturated heterocycles. The van der Waals surface area contributed by atoms with Crippen molar-refractivity contribution in [3.8, 4) is 0 Å². The van der Waals surface area contributed by atoms with E-state index in [0.717, 1.165) is 0 Å². The molecule has 0 N–H and O–H groups in total. The summed E-state index contributed by atoms with van der Waals surface area (Å²) in [6.45, 7) is 5.50. The van der Waals surface area contributed by atoms with E-state index in [-0.39, 0.29) is 12.3 Å². The van der Waals surface area contributed by atoms with Crippen LogP contribution in [0.15, 0.2) is 0 Å². The van der Waals surface area contributed by atoms with E-state index in [0.29, 0.717) is 0 Å². The van der Waals surface area contributed by atoms with Gasteiger partial charge in [-0.15, -0.1) is 0 Å². The van der Waals surface area contributed by atoms with Crippen LogP contribution in [0.25, 0.3) is 0 Å². The van der Waals surface area contributed by atoms with Crippen LogP contribution in [0, 0.1) is 24.6 Å². The van der Waals surface area contributed by atoms with Crippen molar-refractivity contribution >= 4 is 58.4 Å². The predicted octanol–water partition coefficient (Wildman–Crippen LogP) is 3.86. The fourth-order valence-corrected chi connectivity index (χ4v) is 4.93. The SMILES string of the molecule is C[Si](C)(C)c1c(F)c(I)c(F)c(I)c1F. The van der Waals surface area contributed by atoms with Gasteiger partial charge in [-0.3, -0.25) is 0 Å². The quantitative estimate of drug-likeness (QED) is 0.261. The first-order valence-corrected chi connectivity index (χ1v) is 9.85. The summed E-state index contributed by atoms with van der Waals surface area (Å²) >= 11 is 3.16. The van der Waals surface area contributed by atoms with Gasteiger partial charge in [0.2, 0.25) is 0 Å². The number of rotatable bonds is 1. The summed E-state index contributed by atoms with van der Waals surface area (Å²) in [7, 11) is -2.13. The van der Waals surface area contributed by atoms with Crippen molar-refractivity contribution in [3.63, 3.8) is 0 Å². The molecule has 0 spiro atoms. The summed E-state index contributed by atoms with van der Waals surface area (Å²) in [6, 6.07) is 0. The Balaban J connectivity index is 3.68. The van der Waals surface area contributed by atoms with Crippen molar-refractivity contribution in [1.29, 1.82) is 0 Å². The zero-order valence-corrected chi connectivity index (χ0v) is 13.7. The summed E-state index contributed by atoms with van der Waals surface area (Å²) < 4.78 is 40.6. The summed E-state index contributed by atoms with van der Waals surface area (Å²) in [5, 5.41) is 0.0812. The van der Waals surface area contributed by atoms with Crippen LogP contribution in [0.1, 0.15) is 0 Å². The Morgan fingerprint density at radius 1 is 0.800 bits per heavy atom. The molecule has 0 fully saturated rings. The Labute approximate surface area is 115 Å². The van der Waals surface area contributed by atoms with Crippen LogP contribution < -0.4 is 5.19 Å². The number of hydrogen-bond donors (Lipinski definition) is 0. The highest BCUT2D eigenvalue weighted by atomic mass is 127. The molecule has 6 heteroatoms. The zero-order valence-electron chi connectivity index (χ0n) is 8.39. The monoisotopic (exact) mass is 456 g/mol. The van der Waals surface area contributed by atoms with Crippen LogP contribution in [-0.2, 0) is 0 Å². The molecule has 0 bridgehead atoms. The number of benzene rings is 1. The van der Waals surface area contributed by atoms with Gasteiger partial charge in [-0.05, 0) is 45.2 Å². The van der Waals surface area contributed by atoms with E-state index >= 15 is 0 Å². The van der Waals surface area contributed by atoms with Gasteiger partial charge in [0.15, 0.2) is 5.82 Å². The molecule has 0 amide bonds. The van der Waals surface area contributed by atoms with Crippen LogP contribution in [0.4, 0.5) is 13.2 Å². The Morgan fingerprint density at radius 2 is 1.13 bits per heavy atom. The molecule has 15 heavy (non-hydrogen) atoms. The summed E-state index contributed by atoms with van der Waals surface area (Å²) in [6.07, 6.45) is 0. The van der Waals surface area contributed by atoms with E-state index in [1.165, 1.54) is 0 Å². The minimum Gasteiger partial charge on any atom is -0.206 e. The topological polar surface area (TPSA) is 0 Å². The molecular formula is C9H9F3I2Si. The lowest BCUT2D eigenvalue weighted by atomic mass is 10.3. The van der Waals surface area contributed by atoms with E-state index in [4.69, 9.17) is 0 Å². The second-order valence-electron chi connectivity index (χ2n) is 4.19. The largest absolute Gasteiger partial charge is 0.206 e. The summed E-state index contributed by atoms with van der Waals surface area (Å²) in [5.74, 6) is -2.26. The van der Waals surface area contributed by atoms with Gasteiger partial charge in [-0.2, -0.15) is 0 Å². The highest BCUT2D eigenvalue weighted by molar-refractivity contribution is 14.1. The predicted molar refractivity (Wildman–Crippen MR) is 74.7 cm³/mol. The van der Waals surface area contributed by atoms with Gasteiger partial charge in [0, 0.05) is 5.19 Å². The lowest BCUT2D eigenvalue weighted by Crippen LogP contribution is -2.44. The third kappa shape index (κ3) is 2.51. The molecule has 1 aromatic carbocycles. The fourth-order valence-electron chi connectivity index (χ4n) is 1.26. The molecule has 0 aliphatic heterocycles. The zero-order chi connectivity index (χ0) is 12.0. The Morgan fingerprint density at radius 3 is 1.40 bits per heavy atom. The molecule has 0 atom stereocenters. The second-order valence-corrected chi connectivity index (χ2v) is 11.4. The maximum atomic E-state index is 13.7. The fraction of sp³-hybridized carbons (Fsp3) is 0.333. The minimum absolute atomic E-state index is 0.0812. The van der Waals surface area contributed by atoms with Gasteiger partial charge >= 0.3 is 0 Å². The van der Waals surface area contributed by atoms with Crippen LogP contribution in [0.2, 0.25) is 19.6 Å². The van der Waals surface area contributed by atoms with Crippen molar-refractivity contribution in [2.45, 2.75) is 19.6 Å². The highest BCUT2D eigenvalue weighted by Crippen LogP contribution is 2.24. The van der Waals surface area contributed by atoms with Crippen molar-refractivity contribution in [2.24, 2.45) is 0 Å². The van der Waals surface area contributed by atoms with E-state index in [9.17, 15) is 13.2 Å². The molecular weight excluding hydrogens is 447 g/mol. The highest BCUT2D eigenvalue weighted by Gasteiger charge is 2.30. The van der Waals surface area contributed by atoms with Gasteiger partial charge < -0.3 is 0 Å². The first kappa shape index (κ1) is 13.8. The van der Waals surface area contributed by atoms with Gasteiger partial charge in [-0.1, -0.05) is 19.6 Å². The summed E-state index contributed by atoms with van der Waals surface area (Å²) in [4.78, 5) is 0. The van der Waals surface area contributed by atoms with E-state index < -0.39 is 25.5 Å². The first-order valence-electron chi connectivity index (χ1n) is 4.19. The minimum atomic E-state index is -2.13. The molecule has 0 nitrogen and oxygen atoms in total. The third-order valence-electron chi connectivity index (χ3n) is 1.96. The second kappa shape index (κ2) is 4.51. The van der Waals surface area contributed by atoms with Gasteiger partial charge in [0.05, 0.1) is 15.2 Å². The maximum Gasteiger partial charge on any atom is 0.155 e. The van der Waals surface area contributed by atoms with Crippen LogP contribution in [0.5, 0.6) is 0 Å². The Bertz CT molecular complexity index is 384. The average Bonchev–Trinajstić information content (AvgIpc) is 2.09. The Kier molecular flexibility index (Phi) is 4.14. The lowest BCUT2D eigenvalue weighted by Gasteiger charge is -2.20. The van der Waals surface area contributed by atoms with Gasteiger partial charge in [0.1, 0.15) is 11.6 Å². The van der Waals surface area contributed by atoms with Crippen LogP contribution in [0.3, 0.4) is 0 Å².